The van der Waals surface area contributed by atoms with Gasteiger partial charge in [-0.1, -0.05) is 6.07 Å². The largest absolute Gasteiger partial charge is 0.298 e. The minimum Gasteiger partial charge on any atom is -0.298 e. The fraction of sp³-hybridized carbons (Fsp3) is 0. The summed E-state index contributed by atoms with van der Waals surface area (Å²) in [6.07, 6.45) is 6.22. The lowest BCUT2D eigenvalue weighted by atomic mass is 9.95. The number of hydrogen-bond acceptors (Lipinski definition) is 8. The van der Waals surface area contributed by atoms with Gasteiger partial charge in [-0.15, -0.1) is 0 Å². The van der Waals surface area contributed by atoms with E-state index in [1.54, 1.807) is 36.7 Å². The maximum Gasteiger partial charge on any atom is 0.169 e. The first kappa shape index (κ1) is 20.5. The molecule has 0 spiro atoms. The number of carbonyl (C=O) groups excluding carboxylic acids is 4. The van der Waals surface area contributed by atoms with Gasteiger partial charge in [0.25, 0.3) is 0 Å². The van der Waals surface area contributed by atoms with Crippen LogP contribution in [-0.2, 0) is 0 Å². The first-order valence-corrected chi connectivity index (χ1v) is 9.44. The second-order valence-corrected chi connectivity index (χ2v) is 6.57. The Kier molecular flexibility index (Phi) is 5.76. The second kappa shape index (κ2) is 8.97. The fourth-order valence-corrected chi connectivity index (χ4v) is 3.43. The highest BCUT2D eigenvalue weighted by Gasteiger charge is 2.23. The van der Waals surface area contributed by atoms with Gasteiger partial charge in [-0.05, 0) is 36.4 Å². The zero-order valence-corrected chi connectivity index (χ0v) is 16.5. The molecular weight excluding hydrogens is 408 g/mol. The van der Waals surface area contributed by atoms with Gasteiger partial charge < -0.3 is 0 Å². The molecule has 0 aliphatic carbocycles. The number of aldehydes is 4. The van der Waals surface area contributed by atoms with Crippen LogP contribution in [0.5, 0.6) is 0 Å². The zero-order chi connectivity index (χ0) is 22.5. The topological polar surface area (TPSA) is 120 Å². The quantitative estimate of drug-likeness (QED) is 0.415. The highest BCUT2D eigenvalue weighted by atomic mass is 16.1. The lowest BCUT2D eigenvalue weighted by Crippen LogP contribution is -2.10. The molecule has 4 aromatic rings. The van der Waals surface area contributed by atoms with Gasteiger partial charge in [-0.3, -0.25) is 34.1 Å². The lowest BCUT2D eigenvalue weighted by Gasteiger charge is -2.14. The van der Waals surface area contributed by atoms with E-state index < -0.39 is 0 Å². The van der Waals surface area contributed by atoms with Crippen LogP contribution in [0.15, 0.2) is 61.1 Å². The minimum absolute atomic E-state index is 0.00280. The second-order valence-electron chi connectivity index (χ2n) is 6.57. The van der Waals surface area contributed by atoms with Crippen molar-refractivity contribution in [3.05, 3.63) is 83.4 Å². The summed E-state index contributed by atoms with van der Waals surface area (Å²) in [6.45, 7) is 0. The van der Waals surface area contributed by atoms with Crippen LogP contribution in [-0.4, -0.2) is 45.1 Å². The molecule has 0 N–H and O–H groups in total. The van der Waals surface area contributed by atoms with Crippen molar-refractivity contribution in [3.63, 3.8) is 0 Å². The lowest BCUT2D eigenvalue weighted by molar-refractivity contribution is 0.107. The third-order valence-electron chi connectivity index (χ3n) is 4.84. The van der Waals surface area contributed by atoms with Crippen LogP contribution in [0.4, 0.5) is 0 Å². The standard InChI is InChI=1S/C24H14N4O4/c29-11-17-18(12-30)21(14-32)28-24(19(17)13-31)23-16(6-4-10-27-23)22-15(5-3-9-26-22)20-7-1-2-8-25-20/h1-14H. The van der Waals surface area contributed by atoms with E-state index in [9.17, 15) is 19.2 Å². The Morgan fingerprint density at radius 3 is 1.81 bits per heavy atom. The normalized spacial score (nSPS) is 10.4. The molecule has 8 nitrogen and oxygen atoms in total. The minimum atomic E-state index is -0.259. The highest BCUT2D eigenvalue weighted by Crippen LogP contribution is 2.36. The molecule has 0 saturated carbocycles. The first-order valence-electron chi connectivity index (χ1n) is 9.44. The number of carbonyl (C=O) groups is 4. The van der Waals surface area contributed by atoms with E-state index in [1.165, 1.54) is 6.20 Å². The molecule has 154 valence electrons. The Hall–Kier alpha value is -4.72. The molecule has 32 heavy (non-hydrogen) atoms. The zero-order valence-electron chi connectivity index (χ0n) is 16.5. The van der Waals surface area contributed by atoms with Crippen molar-refractivity contribution in [2.75, 3.05) is 0 Å². The average Bonchev–Trinajstić information content (AvgIpc) is 2.87. The summed E-state index contributed by atoms with van der Waals surface area (Å²) in [5, 5.41) is 0. The van der Waals surface area contributed by atoms with Gasteiger partial charge in [-0.25, -0.2) is 4.98 Å². The highest BCUT2D eigenvalue weighted by molar-refractivity contribution is 6.06. The Balaban J connectivity index is 2.05. The Morgan fingerprint density at radius 1 is 0.531 bits per heavy atom. The molecule has 4 heterocycles. The predicted octanol–water partition coefficient (Wildman–Crippen LogP) is 3.52. The van der Waals surface area contributed by atoms with E-state index in [2.05, 4.69) is 19.9 Å². The first-order chi connectivity index (χ1) is 15.7. The van der Waals surface area contributed by atoms with E-state index >= 15 is 0 Å². The van der Waals surface area contributed by atoms with Crippen molar-refractivity contribution in [2.45, 2.75) is 0 Å². The van der Waals surface area contributed by atoms with Crippen molar-refractivity contribution in [1.82, 2.24) is 19.9 Å². The van der Waals surface area contributed by atoms with E-state index in [0.29, 0.717) is 47.7 Å². The maximum absolute atomic E-state index is 11.9. The Labute approximate surface area is 182 Å². The van der Waals surface area contributed by atoms with Gasteiger partial charge in [0.05, 0.1) is 28.2 Å². The number of hydrogen-bond donors (Lipinski definition) is 0. The molecule has 0 unspecified atom stereocenters. The summed E-state index contributed by atoms with van der Waals surface area (Å²) in [7, 11) is 0. The van der Waals surface area contributed by atoms with E-state index in [0.717, 1.165) is 0 Å². The van der Waals surface area contributed by atoms with E-state index in [-0.39, 0.29) is 33.8 Å². The van der Waals surface area contributed by atoms with Crippen molar-refractivity contribution in [3.8, 4) is 33.9 Å². The van der Waals surface area contributed by atoms with Crippen LogP contribution in [0.25, 0.3) is 33.9 Å². The van der Waals surface area contributed by atoms with E-state index in [1.807, 2.05) is 18.2 Å². The molecule has 0 fully saturated rings. The molecule has 0 bridgehead atoms. The number of rotatable bonds is 7. The maximum atomic E-state index is 11.9. The average molecular weight is 422 g/mol. The van der Waals surface area contributed by atoms with Gasteiger partial charge in [0.2, 0.25) is 0 Å². The summed E-state index contributed by atoms with van der Waals surface area (Å²) in [5.41, 5.74) is 1.79. The molecule has 0 atom stereocenters. The monoisotopic (exact) mass is 422 g/mol. The molecule has 0 aliphatic heterocycles. The SMILES string of the molecule is O=Cc1nc(-c2ncccc2-c2ncccc2-c2ccccn2)c(C=O)c(C=O)c1C=O. The third kappa shape index (κ3) is 3.50. The summed E-state index contributed by atoms with van der Waals surface area (Å²) >= 11 is 0. The van der Waals surface area contributed by atoms with Crippen LogP contribution in [0.1, 0.15) is 41.6 Å². The van der Waals surface area contributed by atoms with E-state index in [4.69, 9.17) is 0 Å². The smallest absolute Gasteiger partial charge is 0.169 e. The van der Waals surface area contributed by atoms with Crippen molar-refractivity contribution in [2.24, 2.45) is 0 Å². The van der Waals surface area contributed by atoms with Crippen LogP contribution in [0.3, 0.4) is 0 Å². The summed E-state index contributed by atoms with van der Waals surface area (Å²) in [6, 6.07) is 12.5. The molecule has 0 saturated heterocycles. The van der Waals surface area contributed by atoms with Crippen LogP contribution in [0, 0.1) is 0 Å². The van der Waals surface area contributed by atoms with Crippen molar-refractivity contribution in [1.29, 1.82) is 0 Å². The molecule has 0 aromatic carbocycles. The van der Waals surface area contributed by atoms with Gasteiger partial charge in [0.15, 0.2) is 25.1 Å². The van der Waals surface area contributed by atoms with Crippen LogP contribution >= 0.6 is 0 Å². The Morgan fingerprint density at radius 2 is 1.19 bits per heavy atom. The van der Waals surface area contributed by atoms with Crippen LogP contribution < -0.4 is 0 Å². The van der Waals surface area contributed by atoms with Crippen LogP contribution in [0.2, 0.25) is 0 Å². The van der Waals surface area contributed by atoms with Gasteiger partial charge in [0, 0.05) is 35.3 Å². The van der Waals surface area contributed by atoms with Gasteiger partial charge >= 0.3 is 0 Å². The molecule has 4 aromatic heterocycles. The number of nitrogens with zero attached hydrogens (tertiary/aromatic N) is 4. The van der Waals surface area contributed by atoms with Gasteiger partial charge in [-0.2, -0.15) is 0 Å². The molecule has 0 aliphatic rings. The van der Waals surface area contributed by atoms with Crippen molar-refractivity contribution >= 4 is 25.1 Å². The summed E-state index contributed by atoms with van der Waals surface area (Å²) in [4.78, 5) is 64.1. The third-order valence-corrected chi connectivity index (χ3v) is 4.84. The summed E-state index contributed by atoms with van der Waals surface area (Å²) in [5.74, 6) is 0. The Bertz CT molecular complexity index is 1350. The number of pyridine rings is 4. The fourth-order valence-electron chi connectivity index (χ4n) is 3.43. The molecular formula is C24H14N4O4. The van der Waals surface area contributed by atoms with Gasteiger partial charge in [0.1, 0.15) is 11.4 Å². The molecule has 4 rings (SSSR count). The molecule has 8 heteroatoms. The predicted molar refractivity (Wildman–Crippen MR) is 115 cm³/mol. The molecule has 0 amide bonds. The summed E-state index contributed by atoms with van der Waals surface area (Å²) < 4.78 is 0. The van der Waals surface area contributed by atoms with Crippen molar-refractivity contribution < 1.29 is 19.2 Å². The number of aromatic nitrogens is 4. The molecule has 0 radical (unpaired) electrons.